The van der Waals surface area contributed by atoms with Crippen LogP contribution in [0.1, 0.15) is 0 Å². The van der Waals surface area contributed by atoms with Gasteiger partial charge in [0, 0.05) is 0 Å². The number of nitrogens with one attached hydrogen (secondary N) is 1. The van der Waals surface area contributed by atoms with Crippen LogP contribution in [0.15, 0.2) is 4.61 Å². The summed E-state index contributed by atoms with van der Waals surface area (Å²) in [6.45, 7) is 0. The highest BCUT2D eigenvalue weighted by atomic mass is 79.9. The van der Waals surface area contributed by atoms with Crippen molar-refractivity contribution >= 4 is 27.7 Å². The summed E-state index contributed by atoms with van der Waals surface area (Å²) in [6, 6.07) is 0. The summed E-state index contributed by atoms with van der Waals surface area (Å²) in [7, 11) is 0. The monoisotopic (exact) mass is 164 g/mol. The number of rotatable bonds is 0. The minimum absolute atomic E-state index is 0.959. The zero-order valence-electron chi connectivity index (χ0n) is 2.99. The molecule has 1 aliphatic heterocycles. The Morgan fingerprint density at radius 1 is 2.00 bits per heavy atom. The van der Waals surface area contributed by atoms with Gasteiger partial charge in [-0.05, 0) is 15.9 Å². The summed E-state index contributed by atoms with van der Waals surface area (Å²) >= 11 is 4.85. The van der Waals surface area contributed by atoms with Crippen molar-refractivity contribution in [2.75, 3.05) is 5.88 Å². The Kier molecular flexibility index (Phi) is 1.42. The first-order valence-corrected chi connectivity index (χ1v) is 3.31. The molecule has 0 amide bonds. The maximum Gasteiger partial charge on any atom is 0.0937 e. The standard InChI is InChI=1S/C3H3BrNS/c4-3-1-6-2-5-3/h5H,2H2. The van der Waals surface area contributed by atoms with Gasteiger partial charge in [-0.1, -0.05) is 0 Å². The summed E-state index contributed by atoms with van der Waals surface area (Å²) in [5.41, 5.74) is 0. The molecule has 0 aromatic heterocycles. The maximum absolute atomic E-state index is 3.21. The third-order valence-electron chi connectivity index (χ3n) is 0.461. The van der Waals surface area contributed by atoms with Gasteiger partial charge < -0.3 is 5.32 Å². The smallest absolute Gasteiger partial charge is 0.0937 e. The molecule has 0 saturated carbocycles. The Balaban J connectivity index is 2.45. The topological polar surface area (TPSA) is 12.0 Å². The van der Waals surface area contributed by atoms with E-state index in [9.17, 15) is 0 Å². The highest BCUT2D eigenvalue weighted by Crippen LogP contribution is 2.14. The molecule has 0 unspecified atom stereocenters. The first-order chi connectivity index (χ1) is 2.89. The van der Waals surface area contributed by atoms with Gasteiger partial charge >= 0.3 is 0 Å². The Morgan fingerprint density at radius 2 is 2.83 bits per heavy atom. The minimum Gasteiger partial charge on any atom is -0.369 e. The van der Waals surface area contributed by atoms with Gasteiger partial charge in [0.1, 0.15) is 0 Å². The van der Waals surface area contributed by atoms with Gasteiger partial charge in [-0.25, -0.2) is 0 Å². The van der Waals surface area contributed by atoms with Crippen LogP contribution in [0, 0.1) is 5.41 Å². The lowest BCUT2D eigenvalue weighted by Crippen LogP contribution is -1.99. The molecular formula is C3H3BrNS. The molecule has 1 nitrogen and oxygen atoms in total. The second-order valence-electron chi connectivity index (χ2n) is 0.881. The Labute approximate surface area is 49.3 Å². The van der Waals surface area contributed by atoms with E-state index in [-0.39, 0.29) is 0 Å². The van der Waals surface area contributed by atoms with Crippen molar-refractivity contribution in [2.24, 2.45) is 0 Å². The molecule has 1 heterocycles. The molecule has 33 valence electrons. The summed E-state index contributed by atoms with van der Waals surface area (Å²) in [5, 5.41) is 5.96. The molecule has 0 aromatic rings. The van der Waals surface area contributed by atoms with Gasteiger partial charge in [-0.3, -0.25) is 0 Å². The van der Waals surface area contributed by atoms with Crippen LogP contribution < -0.4 is 5.32 Å². The van der Waals surface area contributed by atoms with Crippen molar-refractivity contribution in [3.8, 4) is 0 Å². The number of hydrogen-bond acceptors (Lipinski definition) is 2. The molecule has 1 aliphatic rings. The van der Waals surface area contributed by atoms with Gasteiger partial charge in [-0.15, -0.1) is 11.8 Å². The van der Waals surface area contributed by atoms with Crippen LogP contribution in [-0.4, -0.2) is 5.88 Å². The normalized spacial score (nSPS) is 19.8. The molecule has 0 atom stereocenters. The largest absolute Gasteiger partial charge is 0.369 e. The van der Waals surface area contributed by atoms with Gasteiger partial charge in [-0.2, -0.15) is 0 Å². The minimum atomic E-state index is 0.959. The fourth-order valence-corrected chi connectivity index (χ4v) is 1.39. The molecule has 3 heteroatoms. The lowest BCUT2D eigenvalue weighted by molar-refractivity contribution is 1.07. The van der Waals surface area contributed by atoms with Crippen LogP contribution in [0.4, 0.5) is 0 Å². The Hall–Kier alpha value is 0.370. The average Bonchev–Trinajstić information content (AvgIpc) is 1.86. The third kappa shape index (κ3) is 0.914. The maximum atomic E-state index is 3.21. The summed E-state index contributed by atoms with van der Waals surface area (Å²) < 4.78 is 0.979. The molecular weight excluding hydrogens is 162 g/mol. The van der Waals surface area contributed by atoms with Crippen LogP contribution in [0.3, 0.4) is 0 Å². The third-order valence-corrected chi connectivity index (χ3v) is 1.84. The van der Waals surface area contributed by atoms with Crippen LogP contribution in [0.25, 0.3) is 0 Å². The van der Waals surface area contributed by atoms with E-state index in [1.54, 1.807) is 11.8 Å². The lowest BCUT2D eigenvalue weighted by Gasteiger charge is -1.84. The zero-order chi connectivity index (χ0) is 4.41. The molecule has 1 rings (SSSR count). The van der Waals surface area contributed by atoms with E-state index >= 15 is 0 Å². The molecule has 0 fully saturated rings. The Bertz CT molecular complexity index is 80.9. The highest BCUT2D eigenvalue weighted by Gasteiger charge is 1.96. The van der Waals surface area contributed by atoms with Crippen LogP contribution >= 0.6 is 27.7 Å². The fraction of sp³-hybridized carbons (Fsp3) is 0.333. The van der Waals surface area contributed by atoms with Gasteiger partial charge in [0.2, 0.25) is 0 Å². The highest BCUT2D eigenvalue weighted by molar-refractivity contribution is 9.11. The van der Waals surface area contributed by atoms with Crippen molar-refractivity contribution in [3.63, 3.8) is 0 Å². The predicted molar refractivity (Wildman–Crippen MR) is 31.3 cm³/mol. The molecule has 0 bridgehead atoms. The Morgan fingerprint density at radius 3 is 3.00 bits per heavy atom. The zero-order valence-corrected chi connectivity index (χ0v) is 5.40. The van der Waals surface area contributed by atoms with Crippen LogP contribution in [0.5, 0.6) is 0 Å². The summed E-state index contributed by atoms with van der Waals surface area (Å²) in [6.07, 6.45) is 0. The van der Waals surface area contributed by atoms with Gasteiger partial charge in [0.25, 0.3) is 0 Å². The molecule has 1 N–H and O–H groups in total. The lowest BCUT2D eigenvalue weighted by atomic mass is 11.0. The average molecular weight is 165 g/mol. The molecule has 0 aromatic carbocycles. The van der Waals surface area contributed by atoms with Gasteiger partial charge in [0.15, 0.2) is 0 Å². The fourth-order valence-electron chi connectivity index (χ4n) is 0.235. The predicted octanol–water partition coefficient (Wildman–Crippen LogP) is 1.28. The second kappa shape index (κ2) is 1.89. The van der Waals surface area contributed by atoms with E-state index in [2.05, 4.69) is 26.7 Å². The summed E-state index contributed by atoms with van der Waals surface area (Å²) in [4.78, 5) is 0. The van der Waals surface area contributed by atoms with E-state index in [0.29, 0.717) is 0 Å². The molecule has 1 radical (unpaired) electrons. The number of halogens is 1. The van der Waals surface area contributed by atoms with Crippen molar-refractivity contribution in [1.82, 2.24) is 5.32 Å². The second-order valence-corrected chi connectivity index (χ2v) is 2.46. The molecule has 0 saturated heterocycles. The molecule has 6 heavy (non-hydrogen) atoms. The van der Waals surface area contributed by atoms with Crippen molar-refractivity contribution in [2.45, 2.75) is 0 Å². The van der Waals surface area contributed by atoms with E-state index in [4.69, 9.17) is 0 Å². The van der Waals surface area contributed by atoms with Crippen LogP contribution in [0.2, 0.25) is 0 Å². The molecule has 0 spiro atoms. The number of hydrogen-bond donors (Lipinski definition) is 1. The van der Waals surface area contributed by atoms with E-state index in [1.807, 2.05) is 0 Å². The van der Waals surface area contributed by atoms with Crippen molar-refractivity contribution < 1.29 is 0 Å². The van der Waals surface area contributed by atoms with Crippen molar-refractivity contribution in [1.29, 1.82) is 0 Å². The van der Waals surface area contributed by atoms with Crippen LogP contribution in [-0.2, 0) is 0 Å². The summed E-state index contributed by atoms with van der Waals surface area (Å²) in [5.74, 6) is 0.959. The SMILES string of the molecule is BrC1=[C]SCN1. The quantitative estimate of drug-likeness (QED) is 0.542. The first-order valence-electron chi connectivity index (χ1n) is 1.54. The van der Waals surface area contributed by atoms with Crippen molar-refractivity contribution in [3.05, 3.63) is 10.0 Å². The number of thioether (sulfide) groups is 1. The van der Waals surface area contributed by atoms with Gasteiger partial charge in [0.05, 0.1) is 15.9 Å². The van der Waals surface area contributed by atoms with E-state index < -0.39 is 0 Å². The van der Waals surface area contributed by atoms with E-state index in [0.717, 1.165) is 10.5 Å². The first kappa shape index (κ1) is 4.53. The molecule has 0 aliphatic carbocycles. The van der Waals surface area contributed by atoms with E-state index in [1.165, 1.54) is 0 Å².